The average molecular weight is 761 g/mol. The molecule has 0 aromatic heterocycles. The fourth-order valence-corrected chi connectivity index (χ4v) is 11.4. The second-order valence-corrected chi connectivity index (χ2v) is 17.5. The van der Waals surface area contributed by atoms with E-state index in [0.717, 1.165) is 94.8 Å². The van der Waals surface area contributed by atoms with Gasteiger partial charge in [-0.25, -0.2) is 17.6 Å². The molecule has 1 unspecified atom stereocenters. The van der Waals surface area contributed by atoms with Crippen LogP contribution in [0.5, 0.6) is 0 Å². The van der Waals surface area contributed by atoms with E-state index in [2.05, 4.69) is 6.92 Å². The van der Waals surface area contributed by atoms with Gasteiger partial charge in [0.05, 0.1) is 5.56 Å². The van der Waals surface area contributed by atoms with Crippen LogP contribution in [0.15, 0.2) is 30.3 Å². The quantitative estimate of drug-likeness (QED) is 0.165. The summed E-state index contributed by atoms with van der Waals surface area (Å²) in [5.74, 6) is -0.823. The molecule has 4 saturated carbocycles. The third kappa shape index (κ3) is 9.83. The third-order valence-electron chi connectivity index (χ3n) is 14.4. The molecule has 4 fully saturated rings. The number of alkyl halides is 3. The van der Waals surface area contributed by atoms with Gasteiger partial charge in [0.2, 0.25) is 0 Å². The lowest BCUT2D eigenvalue weighted by Gasteiger charge is -2.39. The molecule has 0 bridgehead atoms. The molecular weight excluding hydrogens is 701 g/mol. The molecule has 1 atom stereocenters. The van der Waals surface area contributed by atoms with Crippen LogP contribution in [0.2, 0.25) is 0 Å². The number of carbonyl (C=O) groups is 1. The van der Waals surface area contributed by atoms with Crippen molar-refractivity contribution in [3.05, 3.63) is 75.9 Å². The Hall–Kier alpha value is -2.64. The highest BCUT2D eigenvalue weighted by atomic mass is 19.4. The van der Waals surface area contributed by atoms with Gasteiger partial charge in [-0.05, 0) is 185 Å². The fourth-order valence-electron chi connectivity index (χ4n) is 11.4. The maximum atomic E-state index is 15.7. The number of allylic oxidation sites excluding steroid dienone is 1. The minimum absolute atomic E-state index is 0.0596. The SMILES string of the molecule is CCCC1CCC(C2CCC(c3cc(F)c(C(=O)C(CC)C4CCC(C5CCC(c6cc(F)c(/C=C/C(F)(F)F)c(F)c6)CC5)CC4)c(F)c3)CC2)CC1. The summed E-state index contributed by atoms with van der Waals surface area (Å²) in [5.41, 5.74) is 0.117. The predicted molar refractivity (Wildman–Crippen MR) is 201 cm³/mol. The molecule has 6 rings (SSSR count). The molecular formula is C46H59F7O. The number of hydrogen-bond acceptors (Lipinski definition) is 1. The van der Waals surface area contributed by atoms with E-state index in [1.807, 2.05) is 6.92 Å². The zero-order valence-electron chi connectivity index (χ0n) is 32.1. The fraction of sp³-hybridized carbons (Fsp3) is 0.674. The minimum Gasteiger partial charge on any atom is -0.294 e. The van der Waals surface area contributed by atoms with Gasteiger partial charge in [-0.2, -0.15) is 13.2 Å². The van der Waals surface area contributed by atoms with Crippen LogP contribution in [0.25, 0.3) is 6.08 Å². The second-order valence-electron chi connectivity index (χ2n) is 17.5. The van der Waals surface area contributed by atoms with Crippen LogP contribution in [0, 0.1) is 64.7 Å². The third-order valence-corrected chi connectivity index (χ3v) is 14.4. The summed E-state index contributed by atoms with van der Waals surface area (Å²) in [6.07, 6.45) is 15.0. The molecule has 8 heteroatoms. The van der Waals surface area contributed by atoms with E-state index in [9.17, 15) is 26.7 Å². The largest absolute Gasteiger partial charge is 0.409 e. The van der Waals surface area contributed by atoms with Crippen molar-refractivity contribution >= 4 is 11.9 Å². The lowest BCUT2D eigenvalue weighted by molar-refractivity contribution is -0.0790. The van der Waals surface area contributed by atoms with Gasteiger partial charge in [-0.15, -0.1) is 0 Å². The average Bonchev–Trinajstić information content (AvgIpc) is 3.15. The second kappa shape index (κ2) is 18.1. The Labute approximate surface area is 318 Å². The molecule has 0 saturated heterocycles. The van der Waals surface area contributed by atoms with E-state index in [1.165, 1.54) is 62.8 Å². The number of rotatable bonds is 11. The first kappa shape index (κ1) is 41.0. The first-order valence-electron chi connectivity index (χ1n) is 21.1. The van der Waals surface area contributed by atoms with Gasteiger partial charge in [0.1, 0.15) is 23.3 Å². The number of carbonyl (C=O) groups excluding carboxylic acids is 1. The summed E-state index contributed by atoms with van der Waals surface area (Å²) in [6, 6.07) is 5.22. The van der Waals surface area contributed by atoms with E-state index < -0.39 is 46.7 Å². The molecule has 0 heterocycles. The maximum Gasteiger partial charge on any atom is 0.409 e. The summed E-state index contributed by atoms with van der Waals surface area (Å²) in [6.45, 7) is 4.20. The van der Waals surface area contributed by atoms with Gasteiger partial charge in [-0.3, -0.25) is 4.79 Å². The van der Waals surface area contributed by atoms with Gasteiger partial charge in [-0.1, -0.05) is 39.5 Å². The van der Waals surface area contributed by atoms with Crippen molar-refractivity contribution in [1.82, 2.24) is 0 Å². The number of benzene rings is 2. The molecule has 1 nitrogen and oxygen atoms in total. The monoisotopic (exact) mass is 760 g/mol. The molecule has 0 spiro atoms. The van der Waals surface area contributed by atoms with Crippen LogP contribution in [0.3, 0.4) is 0 Å². The summed E-state index contributed by atoms with van der Waals surface area (Å²) in [5, 5.41) is 0. The highest BCUT2D eigenvalue weighted by Gasteiger charge is 2.38. The van der Waals surface area contributed by atoms with Crippen LogP contribution < -0.4 is 0 Å². The Balaban J connectivity index is 0.989. The van der Waals surface area contributed by atoms with Crippen LogP contribution >= 0.6 is 0 Å². The Morgan fingerprint density at radius 2 is 1.04 bits per heavy atom. The first-order valence-corrected chi connectivity index (χ1v) is 21.1. The van der Waals surface area contributed by atoms with E-state index in [1.54, 1.807) is 0 Å². The number of halogens is 7. The molecule has 2 aromatic rings. The Morgan fingerprint density at radius 1 is 0.630 bits per heavy atom. The van der Waals surface area contributed by atoms with Gasteiger partial charge < -0.3 is 0 Å². The molecule has 0 N–H and O–H groups in total. The number of Topliss-reactive ketones (excluding diaryl/α,β-unsaturated/α-hetero) is 1. The van der Waals surface area contributed by atoms with Crippen molar-refractivity contribution in [2.75, 3.05) is 0 Å². The van der Waals surface area contributed by atoms with E-state index in [-0.39, 0.29) is 29.4 Å². The molecule has 2 aromatic carbocycles. The zero-order valence-corrected chi connectivity index (χ0v) is 32.1. The summed E-state index contributed by atoms with van der Waals surface area (Å²) >= 11 is 0. The van der Waals surface area contributed by atoms with Crippen LogP contribution in [0.4, 0.5) is 30.7 Å². The predicted octanol–water partition coefficient (Wildman–Crippen LogP) is 14.7. The lowest BCUT2D eigenvalue weighted by Crippen LogP contribution is -2.31. The molecule has 0 aliphatic heterocycles. The van der Waals surface area contributed by atoms with Crippen molar-refractivity contribution in [1.29, 1.82) is 0 Å². The molecule has 0 amide bonds. The molecule has 4 aliphatic rings. The zero-order chi connectivity index (χ0) is 38.6. The van der Waals surface area contributed by atoms with Gasteiger partial charge >= 0.3 is 6.18 Å². The molecule has 298 valence electrons. The van der Waals surface area contributed by atoms with Crippen LogP contribution in [-0.4, -0.2) is 12.0 Å². The molecule has 54 heavy (non-hydrogen) atoms. The number of hydrogen-bond donors (Lipinski definition) is 0. The van der Waals surface area contributed by atoms with Crippen molar-refractivity contribution < 1.29 is 35.5 Å². The van der Waals surface area contributed by atoms with Crippen molar-refractivity contribution in [2.24, 2.45) is 41.4 Å². The summed E-state index contributed by atoms with van der Waals surface area (Å²) in [7, 11) is 0. The van der Waals surface area contributed by atoms with E-state index in [0.29, 0.717) is 35.5 Å². The Bertz CT molecular complexity index is 1530. The number of ketones is 1. The van der Waals surface area contributed by atoms with E-state index in [4.69, 9.17) is 0 Å². The topological polar surface area (TPSA) is 17.1 Å². The summed E-state index contributed by atoms with van der Waals surface area (Å²) < 4.78 is 98.2. The first-order chi connectivity index (χ1) is 25.8. The van der Waals surface area contributed by atoms with Crippen molar-refractivity contribution in [3.8, 4) is 0 Å². The normalized spacial score (nSPS) is 30.4. The van der Waals surface area contributed by atoms with Gasteiger partial charge in [0, 0.05) is 17.6 Å². The lowest BCUT2D eigenvalue weighted by atomic mass is 9.65. The molecule has 0 radical (unpaired) electrons. The highest BCUT2D eigenvalue weighted by Crippen LogP contribution is 2.48. The Kier molecular flexibility index (Phi) is 13.7. The van der Waals surface area contributed by atoms with E-state index >= 15 is 8.78 Å². The van der Waals surface area contributed by atoms with Crippen LogP contribution in [0.1, 0.15) is 175 Å². The van der Waals surface area contributed by atoms with Crippen molar-refractivity contribution in [2.45, 2.75) is 154 Å². The van der Waals surface area contributed by atoms with Gasteiger partial charge in [0.15, 0.2) is 5.78 Å². The Morgan fingerprint density at radius 3 is 1.44 bits per heavy atom. The van der Waals surface area contributed by atoms with Crippen molar-refractivity contribution in [3.63, 3.8) is 0 Å². The van der Waals surface area contributed by atoms with Crippen LogP contribution in [-0.2, 0) is 0 Å². The van der Waals surface area contributed by atoms with Gasteiger partial charge in [0.25, 0.3) is 0 Å². The maximum absolute atomic E-state index is 15.7. The minimum atomic E-state index is -4.66. The summed E-state index contributed by atoms with van der Waals surface area (Å²) in [4.78, 5) is 13.8. The smallest absolute Gasteiger partial charge is 0.294 e. The molecule has 4 aliphatic carbocycles. The highest BCUT2D eigenvalue weighted by molar-refractivity contribution is 5.98. The standard InChI is InChI=1S/C46H59F7O/c1-3-5-28-6-8-29(9-7-28)30-10-16-34(17-11-30)37-26-42(49)44(43(50)27-37)45(54)38(4-2)35-20-18-32(19-21-35)31-12-14-33(15-13-31)36-24-40(47)39(41(48)25-36)22-23-46(51,52)53/h22-35,38H,3-21H2,1-2H3/b23-22+.